The molecule has 2 nitrogen and oxygen atoms in total. The van der Waals surface area contributed by atoms with Gasteiger partial charge in [-0.1, -0.05) is 41.3 Å². The molecular weight excluding hydrogens is 290 g/mol. The molecule has 1 aliphatic rings. The Morgan fingerprint density at radius 2 is 2.06 bits per heavy atom. The molecule has 0 amide bonds. The van der Waals surface area contributed by atoms with Crippen molar-refractivity contribution in [1.82, 2.24) is 5.32 Å². The lowest BCUT2D eigenvalue weighted by Gasteiger charge is -2.22. The van der Waals surface area contributed by atoms with Gasteiger partial charge in [-0.05, 0) is 44.0 Å². The van der Waals surface area contributed by atoms with Crippen molar-refractivity contribution in [3.8, 4) is 5.75 Å². The molecule has 0 aliphatic heterocycles. The van der Waals surface area contributed by atoms with Crippen molar-refractivity contribution >= 4 is 15.9 Å². The molecule has 0 spiro atoms. The smallest absolute Gasteiger partial charge is 0.120 e. The number of hydrogen-bond donors (Lipinski definition) is 1. The van der Waals surface area contributed by atoms with E-state index in [0.29, 0.717) is 0 Å². The molecule has 0 unspecified atom stereocenters. The van der Waals surface area contributed by atoms with Crippen LogP contribution in [0.15, 0.2) is 28.7 Å². The van der Waals surface area contributed by atoms with Crippen LogP contribution in [0, 0.1) is 0 Å². The van der Waals surface area contributed by atoms with E-state index < -0.39 is 0 Å². The van der Waals surface area contributed by atoms with E-state index >= 15 is 0 Å². The Labute approximate surface area is 118 Å². The molecule has 2 rings (SSSR count). The monoisotopic (exact) mass is 311 g/mol. The summed E-state index contributed by atoms with van der Waals surface area (Å²) in [6.45, 7) is 1.86. The Morgan fingerprint density at radius 3 is 2.83 bits per heavy atom. The molecule has 1 aliphatic carbocycles. The Hall–Kier alpha value is -0.540. The van der Waals surface area contributed by atoms with Gasteiger partial charge in [0, 0.05) is 10.5 Å². The molecule has 0 heterocycles. The van der Waals surface area contributed by atoms with Crippen molar-refractivity contribution in [3.63, 3.8) is 0 Å². The summed E-state index contributed by atoms with van der Waals surface area (Å²) in [5.74, 6) is 0.946. The maximum atomic E-state index is 5.71. The summed E-state index contributed by atoms with van der Waals surface area (Å²) in [6.07, 6.45) is 7.99. The molecule has 1 aromatic carbocycles. The quantitative estimate of drug-likeness (QED) is 0.797. The third-order valence-corrected chi connectivity index (χ3v) is 3.92. The number of benzene rings is 1. The Bertz CT molecular complexity index is 350. The van der Waals surface area contributed by atoms with E-state index in [2.05, 4.69) is 21.2 Å². The van der Waals surface area contributed by atoms with Gasteiger partial charge in [0.05, 0.1) is 6.61 Å². The topological polar surface area (TPSA) is 21.3 Å². The van der Waals surface area contributed by atoms with E-state index in [1.165, 1.54) is 32.1 Å². The minimum atomic E-state index is 0.754. The maximum absolute atomic E-state index is 5.71. The van der Waals surface area contributed by atoms with E-state index in [9.17, 15) is 0 Å². The Balaban J connectivity index is 1.55. The van der Waals surface area contributed by atoms with Crippen LogP contribution >= 0.6 is 15.9 Å². The lowest BCUT2D eigenvalue weighted by molar-refractivity contribution is 0.296. The summed E-state index contributed by atoms with van der Waals surface area (Å²) in [5, 5.41) is 3.63. The largest absolute Gasteiger partial charge is 0.494 e. The zero-order chi connectivity index (χ0) is 12.6. The third-order valence-electron chi connectivity index (χ3n) is 3.42. The van der Waals surface area contributed by atoms with Crippen molar-refractivity contribution < 1.29 is 4.74 Å². The van der Waals surface area contributed by atoms with Gasteiger partial charge in [-0.3, -0.25) is 0 Å². The average molecular weight is 312 g/mol. The first-order chi connectivity index (χ1) is 8.84. The summed E-state index contributed by atoms with van der Waals surface area (Å²) < 4.78 is 6.78. The van der Waals surface area contributed by atoms with E-state index in [4.69, 9.17) is 4.74 Å². The molecule has 1 saturated carbocycles. The number of hydrogen-bond acceptors (Lipinski definition) is 2. The molecule has 18 heavy (non-hydrogen) atoms. The normalized spacial score (nSPS) is 16.7. The van der Waals surface area contributed by atoms with Gasteiger partial charge in [-0.2, -0.15) is 0 Å². The summed E-state index contributed by atoms with van der Waals surface area (Å²) >= 11 is 3.44. The number of rotatable bonds is 6. The molecular formula is C15H22BrNO. The van der Waals surface area contributed by atoms with Crippen LogP contribution in [-0.4, -0.2) is 19.2 Å². The fourth-order valence-corrected chi connectivity index (χ4v) is 2.81. The minimum absolute atomic E-state index is 0.754. The fourth-order valence-electron chi connectivity index (χ4n) is 2.43. The first kappa shape index (κ1) is 13.9. The van der Waals surface area contributed by atoms with Crippen molar-refractivity contribution in [2.75, 3.05) is 13.2 Å². The van der Waals surface area contributed by atoms with Gasteiger partial charge in [-0.15, -0.1) is 0 Å². The lowest BCUT2D eigenvalue weighted by atomic mass is 9.95. The summed E-state index contributed by atoms with van der Waals surface area (Å²) in [6, 6.07) is 8.77. The minimum Gasteiger partial charge on any atom is -0.494 e. The number of nitrogens with one attached hydrogen (secondary N) is 1. The van der Waals surface area contributed by atoms with Gasteiger partial charge < -0.3 is 10.1 Å². The van der Waals surface area contributed by atoms with Crippen LogP contribution in [0.5, 0.6) is 5.75 Å². The Kier molecular flexibility index (Phi) is 6.01. The van der Waals surface area contributed by atoms with E-state index in [1.54, 1.807) is 0 Å². The highest BCUT2D eigenvalue weighted by Crippen LogP contribution is 2.18. The van der Waals surface area contributed by atoms with Crippen LogP contribution in [0.3, 0.4) is 0 Å². The van der Waals surface area contributed by atoms with Crippen molar-refractivity contribution in [2.24, 2.45) is 0 Å². The van der Waals surface area contributed by atoms with Crippen LogP contribution in [0.4, 0.5) is 0 Å². The van der Waals surface area contributed by atoms with Crippen molar-refractivity contribution in [1.29, 1.82) is 0 Å². The summed E-state index contributed by atoms with van der Waals surface area (Å²) in [7, 11) is 0. The van der Waals surface area contributed by atoms with E-state index in [-0.39, 0.29) is 0 Å². The number of halogens is 1. The van der Waals surface area contributed by atoms with Crippen LogP contribution in [0.25, 0.3) is 0 Å². The molecule has 0 saturated heterocycles. The lowest BCUT2D eigenvalue weighted by Crippen LogP contribution is -2.32. The zero-order valence-corrected chi connectivity index (χ0v) is 12.4. The predicted octanol–water partition coefficient (Wildman–Crippen LogP) is 4.14. The maximum Gasteiger partial charge on any atom is 0.120 e. The van der Waals surface area contributed by atoms with Gasteiger partial charge in [0.25, 0.3) is 0 Å². The summed E-state index contributed by atoms with van der Waals surface area (Å²) in [5.41, 5.74) is 0. The van der Waals surface area contributed by atoms with Gasteiger partial charge in [0.15, 0.2) is 0 Å². The third kappa shape index (κ3) is 4.99. The molecule has 0 radical (unpaired) electrons. The SMILES string of the molecule is Brc1cccc(OCCCNC2CCCCC2)c1. The fraction of sp³-hybridized carbons (Fsp3) is 0.600. The van der Waals surface area contributed by atoms with E-state index in [0.717, 1.165) is 35.8 Å². The molecule has 0 bridgehead atoms. The Morgan fingerprint density at radius 1 is 1.22 bits per heavy atom. The van der Waals surface area contributed by atoms with Crippen LogP contribution in [0.2, 0.25) is 0 Å². The second-order valence-electron chi connectivity index (χ2n) is 4.95. The predicted molar refractivity (Wildman–Crippen MR) is 79.1 cm³/mol. The highest BCUT2D eigenvalue weighted by atomic mass is 79.9. The van der Waals surface area contributed by atoms with E-state index in [1.807, 2.05) is 24.3 Å². The van der Waals surface area contributed by atoms with Crippen LogP contribution < -0.4 is 10.1 Å². The first-order valence-corrected chi connectivity index (χ1v) is 7.75. The second kappa shape index (κ2) is 7.80. The molecule has 1 N–H and O–H groups in total. The van der Waals surface area contributed by atoms with Crippen LogP contribution in [0.1, 0.15) is 38.5 Å². The molecule has 100 valence electrons. The molecule has 0 atom stereocenters. The zero-order valence-electron chi connectivity index (χ0n) is 10.8. The summed E-state index contributed by atoms with van der Waals surface area (Å²) in [4.78, 5) is 0. The molecule has 1 aromatic rings. The average Bonchev–Trinajstić information content (AvgIpc) is 2.40. The van der Waals surface area contributed by atoms with Crippen molar-refractivity contribution in [2.45, 2.75) is 44.6 Å². The molecule has 1 fully saturated rings. The molecule has 0 aromatic heterocycles. The first-order valence-electron chi connectivity index (χ1n) is 6.96. The van der Waals surface area contributed by atoms with Gasteiger partial charge >= 0.3 is 0 Å². The highest BCUT2D eigenvalue weighted by Gasteiger charge is 2.11. The van der Waals surface area contributed by atoms with Crippen molar-refractivity contribution in [3.05, 3.63) is 28.7 Å². The van der Waals surface area contributed by atoms with Gasteiger partial charge in [-0.25, -0.2) is 0 Å². The second-order valence-corrected chi connectivity index (χ2v) is 5.86. The molecule has 3 heteroatoms. The van der Waals surface area contributed by atoms with Gasteiger partial charge in [0.2, 0.25) is 0 Å². The van der Waals surface area contributed by atoms with Gasteiger partial charge in [0.1, 0.15) is 5.75 Å². The van der Waals surface area contributed by atoms with Crippen LogP contribution in [-0.2, 0) is 0 Å². The number of ether oxygens (including phenoxy) is 1. The standard InChI is InChI=1S/C15H22BrNO/c16-13-6-4-9-15(12-13)18-11-5-10-17-14-7-2-1-3-8-14/h4,6,9,12,14,17H,1-3,5,7-8,10-11H2. The highest BCUT2D eigenvalue weighted by molar-refractivity contribution is 9.10.